The third kappa shape index (κ3) is 3.34. The minimum absolute atomic E-state index is 0.215. The van der Waals surface area contributed by atoms with Crippen LogP contribution in [0, 0.1) is 0 Å². The van der Waals surface area contributed by atoms with Crippen molar-refractivity contribution < 1.29 is 9.90 Å². The highest BCUT2D eigenvalue weighted by Crippen LogP contribution is 2.22. The molecule has 0 atom stereocenters. The van der Waals surface area contributed by atoms with Crippen LogP contribution >= 0.6 is 15.9 Å². The lowest BCUT2D eigenvalue weighted by Crippen LogP contribution is -2.15. The molecule has 0 spiro atoms. The van der Waals surface area contributed by atoms with E-state index in [0.29, 0.717) is 13.0 Å². The van der Waals surface area contributed by atoms with Crippen molar-refractivity contribution in [3.8, 4) is 0 Å². The van der Waals surface area contributed by atoms with Crippen molar-refractivity contribution in [1.29, 1.82) is 0 Å². The molecule has 0 fully saturated rings. The van der Waals surface area contributed by atoms with Gasteiger partial charge in [-0.2, -0.15) is 0 Å². The second-order valence-electron chi connectivity index (χ2n) is 4.18. The molecule has 5 heteroatoms. The van der Waals surface area contributed by atoms with E-state index >= 15 is 0 Å². The summed E-state index contributed by atoms with van der Waals surface area (Å²) in [5.41, 5.74) is 2.31. The maximum Gasteiger partial charge on any atom is 0.303 e. The van der Waals surface area contributed by atoms with Crippen LogP contribution in [0.4, 0.5) is 0 Å². The quantitative estimate of drug-likeness (QED) is 0.719. The summed E-state index contributed by atoms with van der Waals surface area (Å²) in [7, 11) is 0. The van der Waals surface area contributed by atoms with Gasteiger partial charge in [-0.3, -0.25) is 4.79 Å². The monoisotopic (exact) mass is 310 g/mol. The number of hydrogen-bond donors (Lipinski definition) is 3. The third-order valence-corrected chi connectivity index (χ3v) is 3.28. The number of carboxylic acid groups (broad SMARTS) is 1. The number of carboxylic acids is 1. The molecule has 2 rings (SSSR count). The zero-order chi connectivity index (χ0) is 13.0. The molecular weight excluding hydrogens is 296 g/mol. The van der Waals surface area contributed by atoms with Crippen LogP contribution < -0.4 is 5.32 Å². The van der Waals surface area contributed by atoms with Crippen LogP contribution in [0.1, 0.15) is 18.4 Å². The molecule has 96 valence electrons. The van der Waals surface area contributed by atoms with Crippen LogP contribution in [0.25, 0.3) is 10.9 Å². The number of benzene rings is 1. The molecule has 0 saturated carbocycles. The summed E-state index contributed by atoms with van der Waals surface area (Å²) in [5.74, 6) is -0.743. The lowest BCUT2D eigenvalue weighted by Gasteiger charge is -2.02. The lowest BCUT2D eigenvalue weighted by atomic mass is 10.2. The van der Waals surface area contributed by atoms with Gasteiger partial charge in [-0.1, -0.05) is 15.9 Å². The van der Waals surface area contributed by atoms with E-state index in [1.54, 1.807) is 0 Å². The van der Waals surface area contributed by atoms with E-state index in [2.05, 4.69) is 32.3 Å². The Bertz CT molecular complexity index is 551. The highest BCUT2D eigenvalue weighted by molar-refractivity contribution is 9.10. The number of aromatic nitrogens is 1. The topological polar surface area (TPSA) is 65.1 Å². The molecule has 4 nitrogen and oxygen atoms in total. The molecule has 0 unspecified atom stereocenters. The van der Waals surface area contributed by atoms with E-state index < -0.39 is 5.97 Å². The van der Waals surface area contributed by atoms with E-state index in [1.165, 1.54) is 10.9 Å². The number of rotatable bonds is 6. The Morgan fingerprint density at radius 1 is 1.44 bits per heavy atom. The molecule has 0 radical (unpaired) electrons. The van der Waals surface area contributed by atoms with Gasteiger partial charge >= 0.3 is 5.97 Å². The molecule has 0 aliphatic rings. The van der Waals surface area contributed by atoms with Gasteiger partial charge < -0.3 is 15.4 Å². The Balaban J connectivity index is 1.91. The Hall–Kier alpha value is -1.33. The zero-order valence-electron chi connectivity index (χ0n) is 9.87. The average Bonchev–Trinajstić information content (AvgIpc) is 2.71. The van der Waals surface area contributed by atoms with E-state index in [1.807, 2.05) is 18.3 Å². The molecule has 1 aromatic carbocycles. The smallest absolute Gasteiger partial charge is 0.303 e. The van der Waals surface area contributed by atoms with Crippen molar-refractivity contribution in [2.75, 3.05) is 6.54 Å². The number of halogens is 1. The fourth-order valence-corrected chi connectivity index (χ4v) is 2.25. The van der Waals surface area contributed by atoms with Crippen LogP contribution in [0.3, 0.4) is 0 Å². The predicted molar refractivity (Wildman–Crippen MR) is 74.6 cm³/mol. The van der Waals surface area contributed by atoms with Crippen molar-refractivity contribution >= 4 is 32.8 Å². The van der Waals surface area contributed by atoms with Gasteiger partial charge in [0.15, 0.2) is 0 Å². The van der Waals surface area contributed by atoms with Gasteiger partial charge in [0.25, 0.3) is 0 Å². The van der Waals surface area contributed by atoms with Gasteiger partial charge in [0.05, 0.1) is 0 Å². The third-order valence-electron chi connectivity index (χ3n) is 2.79. The first kappa shape index (κ1) is 13.1. The number of aromatic amines is 1. The SMILES string of the molecule is O=C(O)CCCNCc1c[nH]c2ccc(Br)cc12. The highest BCUT2D eigenvalue weighted by atomic mass is 79.9. The van der Waals surface area contributed by atoms with E-state index in [9.17, 15) is 4.79 Å². The number of nitrogens with one attached hydrogen (secondary N) is 2. The van der Waals surface area contributed by atoms with Crippen LogP contribution in [-0.4, -0.2) is 22.6 Å². The fourth-order valence-electron chi connectivity index (χ4n) is 1.88. The lowest BCUT2D eigenvalue weighted by molar-refractivity contribution is -0.137. The Kier molecular flexibility index (Phi) is 4.38. The highest BCUT2D eigenvalue weighted by Gasteiger charge is 2.03. The number of H-pyrrole nitrogens is 1. The van der Waals surface area contributed by atoms with Gasteiger partial charge in [0.1, 0.15) is 0 Å². The minimum Gasteiger partial charge on any atom is -0.481 e. The minimum atomic E-state index is -0.743. The summed E-state index contributed by atoms with van der Waals surface area (Å²) in [5, 5.41) is 13.0. The van der Waals surface area contributed by atoms with Crippen molar-refractivity contribution in [3.63, 3.8) is 0 Å². The van der Waals surface area contributed by atoms with Crippen molar-refractivity contribution in [3.05, 3.63) is 34.4 Å². The van der Waals surface area contributed by atoms with Gasteiger partial charge in [-0.25, -0.2) is 0 Å². The molecule has 0 bridgehead atoms. The maximum atomic E-state index is 10.4. The molecule has 18 heavy (non-hydrogen) atoms. The molecule has 2 aromatic rings. The second kappa shape index (κ2) is 6.02. The van der Waals surface area contributed by atoms with E-state index in [0.717, 1.165) is 16.5 Å². The summed E-state index contributed by atoms with van der Waals surface area (Å²) >= 11 is 3.46. The first-order chi connectivity index (χ1) is 8.66. The summed E-state index contributed by atoms with van der Waals surface area (Å²) in [6, 6.07) is 6.12. The fraction of sp³-hybridized carbons (Fsp3) is 0.308. The van der Waals surface area contributed by atoms with Gasteiger partial charge in [0, 0.05) is 34.5 Å². The van der Waals surface area contributed by atoms with Crippen LogP contribution in [0.15, 0.2) is 28.9 Å². The number of aliphatic carboxylic acids is 1. The first-order valence-corrected chi connectivity index (χ1v) is 6.64. The van der Waals surface area contributed by atoms with Gasteiger partial charge in [-0.05, 0) is 36.7 Å². The molecule has 0 saturated heterocycles. The van der Waals surface area contributed by atoms with Crippen molar-refractivity contribution in [2.24, 2.45) is 0 Å². The van der Waals surface area contributed by atoms with Crippen LogP contribution in [0.2, 0.25) is 0 Å². The van der Waals surface area contributed by atoms with E-state index in [4.69, 9.17) is 5.11 Å². The molecule has 0 amide bonds. The Morgan fingerprint density at radius 3 is 3.06 bits per heavy atom. The van der Waals surface area contributed by atoms with Crippen LogP contribution in [-0.2, 0) is 11.3 Å². The normalized spacial score (nSPS) is 10.9. The molecule has 0 aliphatic heterocycles. The second-order valence-corrected chi connectivity index (χ2v) is 5.09. The van der Waals surface area contributed by atoms with Gasteiger partial charge in [-0.15, -0.1) is 0 Å². The molecule has 0 aliphatic carbocycles. The average molecular weight is 311 g/mol. The first-order valence-electron chi connectivity index (χ1n) is 5.85. The standard InChI is InChI=1S/C13H15BrN2O2/c14-10-3-4-12-11(6-10)9(8-16-12)7-15-5-1-2-13(17)18/h3-4,6,8,15-16H,1-2,5,7H2,(H,17,18). The summed E-state index contributed by atoms with van der Waals surface area (Å²) in [6.07, 6.45) is 2.86. The van der Waals surface area contributed by atoms with Crippen molar-refractivity contribution in [2.45, 2.75) is 19.4 Å². The van der Waals surface area contributed by atoms with E-state index in [-0.39, 0.29) is 6.42 Å². The Labute approximate surface area is 114 Å². The number of hydrogen-bond acceptors (Lipinski definition) is 2. The van der Waals surface area contributed by atoms with Gasteiger partial charge in [0.2, 0.25) is 0 Å². The molecule has 1 aromatic heterocycles. The van der Waals surface area contributed by atoms with Crippen molar-refractivity contribution in [1.82, 2.24) is 10.3 Å². The molecule has 3 N–H and O–H groups in total. The summed E-state index contributed by atoms with van der Waals surface area (Å²) < 4.78 is 1.06. The summed E-state index contributed by atoms with van der Waals surface area (Å²) in [4.78, 5) is 13.6. The summed E-state index contributed by atoms with van der Waals surface area (Å²) in [6.45, 7) is 1.46. The largest absolute Gasteiger partial charge is 0.481 e. The molecule has 1 heterocycles. The molecular formula is C13H15BrN2O2. The Morgan fingerprint density at radius 2 is 2.28 bits per heavy atom. The zero-order valence-corrected chi connectivity index (χ0v) is 11.5. The number of fused-ring (bicyclic) bond motifs is 1. The van der Waals surface area contributed by atoms with Crippen LogP contribution in [0.5, 0.6) is 0 Å². The maximum absolute atomic E-state index is 10.4. The predicted octanol–water partition coefficient (Wildman–Crippen LogP) is 2.88. The number of carbonyl (C=O) groups is 1.